The molecule has 2 amide bonds. The van der Waals surface area contributed by atoms with E-state index in [9.17, 15) is 9.59 Å². The first-order valence-corrected chi connectivity index (χ1v) is 10.6. The Balaban J connectivity index is 1.34. The minimum atomic E-state index is -0.169. The van der Waals surface area contributed by atoms with Crippen LogP contribution in [0.4, 0.5) is 5.69 Å². The molecule has 0 aromatic heterocycles. The fraction of sp³-hybridized carbons (Fsp3) is 0.417. The van der Waals surface area contributed by atoms with Gasteiger partial charge in [0, 0.05) is 20.0 Å². The monoisotopic (exact) mass is 407 g/mol. The van der Waals surface area contributed by atoms with Gasteiger partial charge in [0.25, 0.3) is 0 Å². The number of hydrogen-bond acceptors (Lipinski definition) is 4. The van der Waals surface area contributed by atoms with Crippen LogP contribution in [-0.4, -0.2) is 49.5 Å². The van der Waals surface area contributed by atoms with Crippen molar-refractivity contribution in [3.8, 4) is 5.75 Å². The van der Waals surface area contributed by atoms with Gasteiger partial charge in [-0.05, 0) is 49.1 Å². The molecule has 158 valence electrons. The Labute approximate surface area is 177 Å². The van der Waals surface area contributed by atoms with Gasteiger partial charge in [0.05, 0.1) is 18.3 Å². The van der Waals surface area contributed by atoms with Crippen molar-refractivity contribution in [3.05, 3.63) is 59.2 Å². The van der Waals surface area contributed by atoms with Crippen molar-refractivity contribution in [1.82, 2.24) is 10.2 Å². The maximum atomic E-state index is 12.7. The number of anilines is 1. The first kappa shape index (κ1) is 20.4. The number of carbonyl (C=O) groups is 2. The first-order chi connectivity index (χ1) is 14.5. The van der Waals surface area contributed by atoms with Gasteiger partial charge in [-0.2, -0.15) is 0 Å². The minimum absolute atomic E-state index is 0.0241. The van der Waals surface area contributed by atoms with Gasteiger partial charge in [-0.3, -0.25) is 14.5 Å². The molecule has 1 atom stereocenters. The SMILES string of the molecule is CC(=O)N1CCCc2cccc(OCCNC(=O)C3Cc4ccccc4CN3C)c21. The third-order valence-corrected chi connectivity index (χ3v) is 6.01. The summed E-state index contributed by atoms with van der Waals surface area (Å²) in [6, 6.07) is 14.0. The number of amides is 2. The summed E-state index contributed by atoms with van der Waals surface area (Å²) in [6.07, 6.45) is 2.63. The molecule has 1 N–H and O–H groups in total. The molecule has 1 unspecified atom stereocenters. The van der Waals surface area contributed by atoms with E-state index in [4.69, 9.17) is 4.74 Å². The number of aryl methyl sites for hydroxylation is 1. The van der Waals surface area contributed by atoms with Crippen molar-refractivity contribution in [2.75, 3.05) is 31.6 Å². The Hall–Kier alpha value is -2.86. The van der Waals surface area contributed by atoms with Crippen molar-refractivity contribution >= 4 is 17.5 Å². The molecule has 6 heteroatoms. The molecule has 0 bridgehead atoms. The number of ether oxygens (including phenoxy) is 1. The van der Waals surface area contributed by atoms with Crippen LogP contribution in [0.1, 0.15) is 30.0 Å². The second-order valence-corrected chi connectivity index (χ2v) is 8.08. The van der Waals surface area contributed by atoms with Gasteiger partial charge in [-0.1, -0.05) is 36.4 Å². The first-order valence-electron chi connectivity index (χ1n) is 10.6. The Kier molecular flexibility index (Phi) is 6.04. The Morgan fingerprint density at radius 3 is 2.67 bits per heavy atom. The van der Waals surface area contributed by atoms with Crippen LogP contribution in [0.15, 0.2) is 42.5 Å². The fourth-order valence-corrected chi connectivity index (χ4v) is 4.45. The third-order valence-electron chi connectivity index (χ3n) is 6.01. The van der Waals surface area contributed by atoms with Gasteiger partial charge < -0.3 is 15.0 Å². The second kappa shape index (κ2) is 8.88. The summed E-state index contributed by atoms with van der Waals surface area (Å²) < 4.78 is 5.98. The third kappa shape index (κ3) is 4.19. The number of fused-ring (bicyclic) bond motifs is 2. The van der Waals surface area contributed by atoms with E-state index in [1.54, 1.807) is 11.8 Å². The van der Waals surface area contributed by atoms with Crippen molar-refractivity contribution in [2.45, 2.75) is 38.8 Å². The molecule has 0 saturated carbocycles. The highest BCUT2D eigenvalue weighted by molar-refractivity contribution is 5.94. The zero-order chi connectivity index (χ0) is 21.1. The van der Waals surface area contributed by atoms with Crippen molar-refractivity contribution in [3.63, 3.8) is 0 Å². The molecule has 2 heterocycles. The Morgan fingerprint density at radius 2 is 1.87 bits per heavy atom. The highest BCUT2D eigenvalue weighted by Gasteiger charge is 2.29. The summed E-state index contributed by atoms with van der Waals surface area (Å²) in [6.45, 7) is 3.87. The van der Waals surface area contributed by atoms with Gasteiger partial charge in [0.15, 0.2) is 0 Å². The lowest BCUT2D eigenvalue weighted by atomic mass is 9.94. The average molecular weight is 408 g/mol. The molecule has 2 aliphatic heterocycles. The summed E-state index contributed by atoms with van der Waals surface area (Å²) in [5.41, 5.74) is 4.55. The molecule has 30 heavy (non-hydrogen) atoms. The van der Waals surface area contributed by atoms with Crippen LogP contribution in [0, 0.1) is 0 Å². The van der Waals surface area contributed by atoms with E-state index in [1.165, 1.54) is 11.1 Å². The number of rotatable bonds is 5. The average Bonchev–Trinajstić information content (AvgIpc) is 2.75. The molecule has 2 aromatic carbocycles. The summed E-state index contributed by atoms with van der Waals surface area (Å²) in [5, 5.41) is 3.01. The van der Waals surface area contributed by atoms with Gasteiger partial charge >= 0.3 is 0 Å². The van der Waals surface area contributed by atoms with Crippen LogP contribution in [0.25, 0.3) is 0 Å². The van der Waals surface area contributed by atoms with Crippen LogP contribution < -0.4 is 15.0 Å². The van der Waals surface area contributed by atoms with E-state index < -0.39 is 0 Å². The summed E-state index contributed by atoms with van der Waals surface area (Å²) in [4.78, 5) is 28.7. The second-order valence-electron chi connectivity index (χ2n) is 8.08. The fourth-order valence-electron chi connectivity index (χ4n) is 4.45. The van der Waals surface area contributed by atoms with Crippen LogP contribution >= 0.6 is 0 Å². The number of nitrogens with zero attached hydrogens (tertiary/aromatic N) is 2. The van der Waals surface area contributed by atoms with Gasteiger partial charge in [0.2, 0.25) is 11.8 Å². The van der Waals surface area contributed by atoms with E-state index in [2.05, 4.69) is 28.4 Å². The van der Waals surface area contributed by atoms with E-state index >= 15 is 0 Å². The molecule has 0 aliphatic carbocycles. The maximum Gasteiger partial charge on any atom is 0.237 e. The largest absolute Gasteiger partial charge is 0.490 e. The van der Waals surface area contributed by atoms with Crippen LogP contribution in [-0.2, 0) is 29.0 Å². The van der Waals surface area contributed by atoms with Crippen LogP contribution in [0.5, 0.6) is 5.75 Å². The highest BCUT2D eigenvalue weighted by Crippen LogP contribution is 2.36. The highest BCUT2D eigenvalue weighted by atomic mass is 16.5. The summed E-state index contributed by atoms with van der Waals surface area (Å²) in [5.74, 6) is 0.761. The van der Waals surface area contributed by atoms with E-state index in [0.717, 1.165) is 43.6 Å². The summed E-state index contributed by atoms with van der Waals surface area (Å²) in [7, 11) is 1.99. The number of benzene rings is 2. The van der Waals surface area contributed by atoms with Crippen molar-refractivity contribution in [1.29, 1.82) is 0 Å². The number of likely N-dealkylation sites (N-methyl/N-ethyl adjacent to an activating group) is 1. The zero-order valence-corrected chi connectivity index (χ0v) is 17.7. The lowest BCUT2D eigenvalue weighted by Gasteiger charge is -2.33. The van der Waals surface area contributed by atoms with E-state index in [0.29, 0.717) is 18.9 Å². The van der Waals surface area contributed by atoms with Crippen LogP contribution in [0.3, 0.4) is 0 Å². The molecule has 6 nitrogen and oxygen atoms in total. The topological polar surface area (TPSA) is 61.9 Å². The minimum Gasteiger partial charge on any atom is -0.490 e. The van der Waals surface area contributed by atoms with Crippen molar-refractivity contribution < 1.29 is 14.3 Å². The quantitative estimate of drug-likeness (QED) is 0.774. The smallest absolute Gasteiger partial charge is 0.237 e. The lowest BCUT2D eigenvalue weighted by molar-refractivity contribution is -0.126. The molecule has 0 saturated heterocycles. The molecule has 0 spiro atoms. The number of nitrogens with one attached hydrogen (secondary N) is 1. The normalized spacial score (nSPS) is 18.3. The molecular weight excluding hydrogens is 378 g/mol. The molecular formula is C24H29N3O3. The summed E-state index contributed by atoms with van der Waals surface area (Å²) >= 11 is 0. The van der Waals surface area contributed by atoms with E-state index in [1.807, 2.05) is 31.3 Å². The lowest BCUT2D eigenvalue weighted by Crippen LogP contribution is -2.49. The maximum absolute atomic E-state index is 12.7. The number of hydrogen-bond donors (Lipinski definition) is 1. The van der Waals surface area contributed by atoms with Gasteiger partial charge in [-0.15, -0.1) is 0 Å². The number of para-hydroxylation sites is 1. The van der Waals surface area contributed by atoms with Crippen molar-refractivity contribution in [2.24, 2.45) is 0 Å². The number of carbonyl (C=O) groups excluding carboxylic acids is 2. The standard InChI is InChI=1S/C24H29N3O3/c1-17(28)27-13-6-10-18-9-5-11-22(23(18)27)30-14-12-25-24(29)21-15-19-7-3-4-8-20(19)16-26(21)2/h3-5,7-9,11,21H,6,10,12-16H2,1-2H3,(H,25,29). The molecule has 2 aromatic rings. The van der Waals surface area contributed by atoms with Crippen LogP contribution in [0.2, 0.25) is 0 Å². The Morgan fingerprint density at radius 1 is 1.10 bits per heavy atom. The Bertz CT molecular complexity index is 943. The molecule has 4 rings (SSSR count). The molecule has 0 radical (unpaired) electrons. The van der Waals surface area contributed by atoms with Gasteiger partial charge in [0.1, 0.15) is 12.4 Å². The zero-order valence-electron chi connectivity index (χ0n) is 17.7. The molecule has 0 fully saturated rings. The predicted molar refractivity (Wildman–Crippen MR) is 117 cm³/mol. The van der Waals surface area contributed by atoms with E-state index in [-0.39, 0.29) is 17.9 Å². The molecule has 2 aliphatic rings. The predicted octanol–water partition coefficient (Wildman–Crippen LogP) is 2.54. The van der Waals surface area contributed by atoms with Gasteiger partial charge in [-0.25, -0.2) is 0 Å².